The van der Waals surface area contributed by atoms with E-state index in [1.54, 1.807) is 0 Å². The summed E-state index contributed by atoms with van der Waals surface area (Å²) in [4.78, 5) is 30.2. The molecule has 0 bridgehead atoms. The number of ether oxygens (including phenoxy) is 2. The first-order chi connectivity index (χ1) is 19.4. The standard InChI is InChI=1S/C34H39Br2NO4/c1-7-37-24-15-33(3,4)17-26(38)30(24)29(31-25(37)16-34(5,6)18-27(31)39)21-13-23(36)32(28(14-21)40-8-2)41-19-20-11-9-10-12-22(20)35/h9-14,29H,7-8,15-19H2,1-6H3. The van der Waals surface area contributed by atoms with Gasteiger partial charge in [-0.15, -0.1) is 0 Å². The highest BCUT2D eigenvalue weighted by Crippen LogP contribution is 2.55. The Morgan fingerprint density at radius 3 is 1.95 bits per heavy atom. The smallest absolute Gasteiger partial charge is 0.175 e. The van der Waals surface area contributed by atoms with E-state index in [-0.39, 0.29) is 22.4 Å². The Bertz CT molecular complexity index is 1420. The topological polar surface area (TPSA) is 55.8 Å². The number of hydrogen-bond acceptors (Lipinski definition) is 5. The van der Waals surface area contributed by atoms with Crippen molar-refractivity contribution in [2.75, 3.05) is 13.2 Å². The summed E-state index contributed by atoms with van der Waals surface area (Å²) < 4.78 is 14.1. The lowest BCUT2D eigenvalue weighted by Crippen LogP contribution is -2.44. The summed E-state index contributed by atoms with van der Waals surface area (Å²) in [6.45, 7) is 14.3. The quantitative estimate of drug-likeness (QED) is 0.292. The molecule has 1 aliphatic heterocycles. The van der Waals surface area contributed by atoms with Crippen LogP contribution >= 0.6 is 31.9 Å². The molecule has 0 saturated heterocycles. The minimum absolute atomic E-state index is 0.132. The van der Waals surface area contributed by atoms with E-state index in [9.17, 15) is 9.59 Å². The van der Waals surface area contributed by atoms with Crippen LogP contribution < -0.4 is 9.47 Å². The van der Waals surface area contributed by atoms with Crippen molar-refractivity contribution < 1.29 is 19.1 Å². The van der Waals surface area contributed by atoms with Gasteiger partial charge in [-0.05, 0) is 77.2 Å². The Labute approximate surface area is 260 Å². The van der Waals surface area contributed by atoms with Crippen LogP contribution in [0.25, 0.3) is 0 Å². The highest BCUT2D eigenvalue weighted by Gasteiger charge is 2.48. The number of benzene rings is 2. The van der Waals surface area contributed by atoms with Crippen LogP contribution in [0.3, 0.4) is 0 Å². The van der Waals surface area contributed by atoms with Crippen LogP contribution in [0.1, 0.15) is 84.3 Å². The lowest BCUT2D eigenvalue weighted by Gasteiger charge is -2.49. The zero-order valence-electron chi connectivity index (χ0n) is 24.8. The summed E-state index contributed by atoms with van der Waals surface area (Å²) in [5, 5.41) is 0. The fourth-order valence-electron chi connectivity index (χ4n) is 6.69. The van der Waals surface area contributed by atoms with Crippen molar-refractivity contribution in [3.63, 3.8) is 0 Å². The predicted octanol–water partition coefficient (Wildman–Crippen LogP) is 8.89. The monoisotopic (exact) mass is 683 g/mol. The number of nitrogens with zero attached hydrogens (tertiary/aromatic N) is 1. The predicted molar refractivity (Wildman–Crippen MR) is 169 cm³/mol. The fraction of sp³-hybridized carbons (Fsp3) is 0.471. The summed E-state index contributed by atoms with van der Waals surface area (Å²) in [6.07, 6.45) is 2.54. The van der Waals surface area contributed by atoms with Gasteiger partial charge in [0.1, 0.15) is 6.61 Å². The molecule has 0 radical (unpaired) electrons. The fourth-order valence-corrected chi connectivity index (χ4v) is 7.66. The van der Waals surface area contributed by atoms with Gasteiger partial charge in [0, 0.05) is 57.9 Å². The lowest BCUT2D eigenvalue weighted by molar-refractivity contribution is -0.119. The van der Waals surface area contributed by atoms with Crippen molar-refractivity contribution >= 4 is 43.4 Å². The van der Waals surface area contributed by atoms with Gasteiger partial charge in [-0.1, -0.05) is 61.8 Å². The van der Waals surface area contributed by atoms with Crippen LogP contribution in [-0.4, -0.2) is 29.6 Å². The van der Waals surface area contributed by atoms with E-state index in [4.69, 9.17) is 9.47 Å². The van der Waals surface area contributed by atoms with Gasteiger partial charge in [-0.25, -0.2) is 0 Å². The minimum atomic E-state index is -0.428. The van der Waals surface area contributed by atoms with Gasteiger partial charge in [0.25, 0.3) is 0 Å². The van der Waals surface area contributed by atoms with Gasteiger partial charge in [0.15, 0.2) is 23.1 Å². The van der Waals surface area contributed by atoms with Crippen LogP contribution in [0, 0.1) is 10.8 Å². The van der Waals surface area contributed by atoms with Crippen molar-refractivity contribution in [3.8, 4) is 11.5 Å². The molecule has 5 rings (SSSR count). The Morgan fingerprint density at radius 2 is 1.41 bits per heavy atom. The molecule has 218 valence electrons. The van der Waals surface area contributed by atoms with Crippen molar-refractivity contribution in [3.05, 3.63) is 79.0 Å². The molecule has 0 saturated carbocycles. The highest BCUT2D eigenvalue weighted by atomic mass is 79.9. The molecule has 0 spiro atoms. The number of halogens is 2. The molecular formula is C34H39Br2NO4. The maximum absolute atomic E-state index is 14.0. The molecule has 2 aromatic rings. The molecule has 0 amide bonds. The average molecular weight is 685 g/mol. The third-order valence-electron chi connectivity index (χ3n) is 8.33. The van der Waals surface area contributed by atoms with Crippen LogP contribution in [0.2, 0.25) is 0 Å². The van der Waals surface area contributed by atoms with Crippen molar-refractivity contribution in [2.24, 2.45) is 10.8 Å². The van der Waals surface area contributed by atoms with E-state index in [0.717, 1.165) is 62.0 Å². The SMILES string of the molecule is CCOc1cc(C2C3=C(CC(C)(C)CC3=O)N(CC)C3=C2C(=O)CC(C)(C)C3)cc(Br)c1OCc1ccccc1Br. The normalized spacial score (nSPS) is 20.2. The molecule has 0 unspecified atom stereocenters. The zero-order chi connectivity index (χ0) is 29.7. The highest BCUT2D eigenvalue weighted by molar-refractivity contribution is 9.10. The van der Waals surface area contributed by atoms with Gasteiger partial charge < -0.3 is 14.4 Å². The first kappa shape index (κ1) is 30.1. The first-order valence-corrected chi connectivity index (χ1v) is 16.1. The summed E-state index contributed by atoms with van der Waals surface area (Å²) >= 11 is 7.37. The average Bonchev–Trinajstić information content (AvgIpc) is 2.86. The van der Waals surface area contributed by atoms with E-state index in [1.807, 2.05) is 43.3 Å². The maximum Gasteiger partial charge on any atom is 0.175 e. The largest absolute Gasteiger partial charge is 0.490 e. The summed E-state index contributed by atoms with van der Waals surface area (Å²) in [5.41, 5.74) is 5.32. The van der Waals surface area contributed by atoms with E-state index in [1.165, 1.54) is 0 Å². The van der Waals surface area contributed by atoms with E-state index in [2.05, 4.69) is 71.4 Å². The number of hydrogen-bond donors (Lipinski definition) is 0. The molecule has 41 heavy (non-hydrogen) atoms. The third kappa shape index (κ3) is 5.81. The second kappa shape index (κ2) is 11.4. The first-order valence-electron chi connectivity index (χ1n) is 14.5. The Kier molecular flexibility index (Phi) is 8.34. The third-order valence-corrected chi connectivity index (χ3v) is 9.70. The molecule has 2 aliphatic carbocycles. The van der Waals surface area contributed by atoms with Crippen LogP contribution in [0.5, 0.6) is 11.5 Å². The van der Waals surface area contributed by atoms with Gasteiger partial charge >= 0.3 is 0 Å². The van der Waals surface area contributed by atoms with Gasteiger partial charge in [-0.2, -0.15) is 0 Å². The van der Waals surface area contributed by atoms with Crippen LogP contribution in [-0.2, 0) is 16.2 Å². The Balaban J connectivity index is 1.67. The molecule has 0 aromatic heterocycles. The summed E-state index contributed by atoms with van der Waals surface area (Å²) in [5.74, 6) is 1.04. The second-order valence-electron chi connectivity index (χ2n) is 12.9. The minimum Gasteiger partial charge on any atom is -0.490 e. The second-order valence-corrected chi connectivity index (χ2v) is 14.6. The van der Waals surface area contributed by atoms with E-state index >= 15 is 0 Å². The van der Waals surface area contributed by atoms with Gasteiger partial charge in [-0.3, -0.25) is 9.59 Å². The summed E-state index contributed by atoms with van der Waals surface area (Å²) in [7, 11) is 0. The lowest BCUT2D eigenvalue weighted by atomic mass is 9.63. The molecule has 7 heteroatoms. The van der Waals surface area contributed by atoms with E-state index < -0.39 is 5.92 Å². The molecule has 0 atom stereocenters. The molecule has 0 N–H and O–H groups in total. The van der Waals surface area contributed by atoms with Crippen LogP contribution in [0.4, 0.5) is 0 Å². The van der Waals surface area contributed by atoms with Gasteiger partial charge in [0.05, 0.1) is 11.1 Å². The number of allylic oxidation sites excluding steroid dienone is 4. The van der Waals surface area contributed by atoms with Crippen molar-refractivity contribution in [2.45, 2.75) is 79.8 Å². The summed E-state index contributed by atoms with van der Waals surface area (Å²) in [6, 6.07) is 12.0. The zero-order valence-corrected chi connectivity index (χ0v) is 28.0. The molecule has 2 aromatic carbocycles. The van der Waals surface area contributed by atoms with Crippen LogP contribution in [0.15, 0.2) is 67.9 Å². The van der Waals surface area contributed by atoms with Crippen molar-refractivity contribution in [1.82, 2.24) is 4.90 Å². The Morgan fingerprint density at radius 1 is 0.829 bits per heavy atom. The number of carbonyl (C=O) groups excluding carboxylic acids is 2. The van der Waals surface area contributed by atoms with E-state index in [0.29, 0.717) is 37.6 Å². The molecular weight excluding hydrogens is 646 g/mol. The molecule has 5 nitrogen and oxygen atoms in total. The van der Waals surface area contributed by atoms with Crippen molar-refractivity contribution in [1.29, 1.82) is 0 Å². The number of rotatable bonds is 7. The molecule has 3 aliphatic rings. The van der Waals surface area contributed by atoms with Gasteiger partial charge in [0.2, 0.25) is 0 Å². The Hall–Kier alpha value is -2.38. The number of ketones is 2. The molecule has 0 fully saturated rings. The molecule has 1 heterocycles. The maximum atomic E-state index is 14.0. The number of carbonyl (C=O) groups is 2. The number of Topliss-reactive ketones (excluding diaryl/α,β-unsaturated/α-hetero) is 2.